The second-order valence-corrected chi connectivity index (χ2v) is 6.49. The van der Waals surface area contributed by atoms with E-state index < -0.39 is 0 Å². The molecule has 1 N–H and O–H groups in total. The predicted octanol–water partition coefficient (Wildman–Crippen LogP) is 3.48. The van der Waals surface area contributed by atoms with Gasteiger partial charge in [-0.25, -0.2) is 0 Å². The topological polar surface area (TPSA) is 24.5 Å². The molecule has 0 bridgehead atoms. The van der Waals surface area contributed by atoms with Gasteiger partial charge in [0.15, 0.2) is 0 Å². The Morgan fingerprint density at radius 3 is 2.95 bits per heavy atom. The second-order valence-electron chi connectivity index (χ2n) is 6.49. The van der Waals surface area contributed by atoms with Gasteiger partial charge >= 0.3 is 0 Å². The van der Waals surface area contributed by atoms with Crippen molar-refractivity contribution >= 4 is 0 Å². The summed E-state index contributed by atoms with van der Waals surface area (Å²) >= 11 is 0. The quantitative estimate of drug-likeness (QED) is 0.744. The van der Waals surface area contributed by atoms with Crippen LogP contribution in [0.1, 0.15) is 44.6 Å². The molecular formula is C19H32N2O. The van der Waals surface area contributed by atoms with Gasteiger partial charge in [0.05, 0.1) is 6.61 Å². The first kappa shape index (κ1) is 17.3. The molecule has 1 aromatic rings. The van der Waals surface area contributed by atoms with E-state index in [1.807, 2.05) is 0 Å². The Balaban J connectivity index is 1.96. The molecule has 2 rings (SSSR count). The van der Waals surface area contributed by atoms with Crippen LogP contribution in [-0.4, -0.2) is 44.2 Å². The Morgan fingerprint density at radius 2 is 2.23 bits per heavy atom. The van der Waals surface area contributed by atoms with Crippen LogP contribution in [-0.2, 0) is 6.42 Å². The summed E-state index contributed by atoms with van der Waals surface area (Å²) in [5.41, 5.74) is 1.37. The van der Waals surface area contributed by atoms with Gasteiger partial charge in [-0.2, -0.15) is 0 Å². The maximum Gasteiger partial charge on any atom is 0.119 e. The first-order valence-electron chi connectivity index (χ1n) is 8.83. The van der Waals surface area contributed by atoms with E-state index in [-0.39, 0.29) is 0 Å². The summed E-state index contributed by atoms with van der Waals surface area (Å²) in [6.45, 7) is 4.24. The lowest BCUT2D eigenvalue weighted by Gasteiger charge is -2.38. The van der Waals surface area contributed by atoms with Crippen LogP contribution in [0.3, 0.4) is 0 Å². The van der Waals surface area contributed by atoms with Gasteiger partial charge in [-0.1, -0.05) is 31.9 Å². The normalized spacial score (nSPS) is 20.8. The summed E-state index contributed by atoms with van der Waals surface area (Å²) in [6, 6.07) is 9.77. The number of hydrogen-bond acceptors (Lipinski definition) is 3. The van der Waals surface area contributed by atoms with Crippen LogP contribution in [0.5, 0.6) is 5.75 Å². The fourth-order valence-electron chi connectivity index (χ4n) is 3.39. The fraction of sp³-hybridized carbons (Fsp3) is 0.684. The van der Waals surface area contributed by atoms with Gasteiger partial charge in [-0.05, 0) is 64.0 Å². The predicted molar refractivity (Wildman–Crippen MR) is 93.7 cm³/mol. The highest BCUT2D eigenvalue weighted by Gasteiger charge is 2.26. The zero-order valence-electron chi connectivity index (χ0n) is 14.5. The van der Waals surface area contributed by atoms with Gasteiger partial charge in [-0.15, -0.1) is 0 Å². The zero-order chi connectivity index (χ0) is 15.8. The number of benzene rings is 1. The smallest absolute Gasteiger partial charge is 0.119 e. The molecule has 3 nitrogen and oxygen atoms in total. The molecule has 2 atom stereocenters. The minimum absolute atomic E-state index is 0.510. The number of likely N-dealkylation sites (N-methyl/N-ethyl adjacent to an activating group) is 2. The molecule has 124 valence electrons. The van der Waals surface area contributed by atoms with Crippen LogP contribution in [0.15, 0.2) is 24.3 Å². The molecule has 0 amide bonds. The minimum Gasteiger partial charge on any atom is -0.494 e. The van der Waals surface area contributed by atoms with Crippen LogP contribution in [0.4, 0.5) is 0 Å². The summed E-state index contributed by atoms with van der Waals surface area (Å²) in [5, 5.41) is 3.54. The molecule has 2 unspecified atom stereocenters. The van der Waals surface area contributed by atoms with E-state index in [4.69, 9.17) is 4.74 Å². The van der Waals surface area contributed by atoms with Gasteiger partial charge in [0.25, 0.3) is 0 Å². The highest BCUT2D eigenvalue weighted by Crippen LogP contribution is 2.22. The Bertz CT molecular complexity index is 435. The number of likely N-dealkylation sites (tertiary alicyclic amines) is 1. The van der Waals surface area contributed by atoms with E-state index in [1.165, 1.54) is 37.8 Å². The van der Waals surface area contributed by atoms with Crippen molar-refractivity contribution in [3.05, 3.63) is 29.8 Å². The molecule has 0 aliphatic carbocycles. The van der Waals surface area contributed by atoms with E-state index in [9.17, 15) is 0 Å². The molecule has 22 heavy (non-hydrogen) atoms. The van der Waals surface area contributed by atoms with Crippen molar-refractivity contribution in [2.75, 3.05) is 27.2 Å². The molecule has 0 spiro atoms. The highest BCUT2D eigenvalue weighted by molar-refractivity contribution is 5.29. The van der Waals surface area contributed by atoms with Crippen LogP contribution >= 0.6 is 0 Å². The summed E-state index contributed by atoms with van der Waals surface area (Å²) in [7, 11) is 4.35. The van der Waals surface area contributed by atoms with Crippen molar-refractivity contribution < 1.29 is 4.74 Å². The van der Waals surface area contributed by atoms with E-state index in [2.05, 4.69) is 55.5 Å². The van der Waals surface area contributed by atoms with Crippen molar-refractivity contribution in [3.8, 4) is 5.75 Å². The Kier molecular flexibility index (Phi) is 7.20. The first-order chi connectivity index (χ1) is 10.7. The third-order valence-electron chi connectivity index (χ3n) is 4.78. The molecule has 0 saturated carbocycles. The van der Waals surface area contributed by atoms with Crippen LogP contribution < -0.4 is 10.1 Å². The number of hydrogen-bond donors (Lipinski definition) is 1. The largest absolute Gasteiger partial charge is 0.494 e. The Hall–Kier alpha value is -1.06. The summed E-state index contributed by atoms with van der Waals surface area (Å²) < 4.78 is 5.84. The standard InChI is InChI=1S/C19H32N2O/c1-4-5-13-22-17-10-8-9-16(14-17)15-18(20-2)19-11-6-7-12-21(19)3/h8-10,14,18-20H,4-7,11-13,15H2,1-3H3. The van der Waals surface area contributed by atoms with E-state index in [0.717, 1.165) is 25.2 Å². The number of ether oxygens (including phenoxy) is 1. The molecule has 3 heteroatoms. The van der Waals surface area contributed by atoms with Gasteiger partial charge in [0, 0.05) is 12.1 Å². The van der Waals surface area contributed by atoms with Gasteiger partial charge < -0.3 is 15.0 Å². The van der Waals surface area contributed by atoms with Gasteiger partial charge in [0.2, 0.25) is 0 Å². The molecule has 1 fully saturated rings. The second kappa shape index (κ2) is 9.16. The van der Waals surface area contributed by atoms with E-state index in [1.54, 1.807) is 0 Å². The van der Waals surface area contributed by atoms with Crippen LogP contribution in [0.2, 0.25) is 0 Å². The third-order valence-corrected chi connectivity index (χ3v) is 4.78. The maximum atomic E-state index is 5.84. The lowest BCUT2D eigenvalue weighted by molar-refractivity contribution is 0.147. The molecule has 0 radical (unpaired) electrons. The third kappa shape index (κ3) is 4.99. The van der Waals surface area contributed by atoms with Crippen molar-refractivity contribution in [2.45, 2.75) is 57.5 Å². The van der Waals surface area contributed by atoms with Gasteiger partial charge in [-0.3, -0.25) is 0 Å². The van der Waals surface area contributed by atoms with Gasteiger partial charge in [0.1, 0.15) is 5.75 Å². The molecule has 1 aromatic carbocycles. The number of rotatable bonds is 8. The summed E-state index contributed by atoms with van der Waals surface area (Å²) in [5.74, 6) is 1.01. The monoisotopic (exact) mass is 304 g/mol. The lowest BCUT2D eigenvalue weighted by Crippen LogP contribution is -2.50. The Labute approximate surface area is 136 Å². The fourth-order valence-corrected chi connectivity index (χ4v) is 3.39. The Morgan fingerprint density at radius 1 is 1.36 bits per heavy atom. The highest BCUT2D eigenvalue weighted by atomic mass is 16.5. The van der Waals surface area contributed by atoms with Crippen molar-refractivity contribution in [3.63, 3.8) is 0 Å². The van der Waals surface area contributed by atoms with Crippen molar-refractivity contribution in [2.24, 2.45) is 0 Å². The van der Waals surface area contributed by atoms with Crippen molar-refractivity contribution in [1.82, 2.24) is 10.2 Å². The SMILES string of the molecule is CCCCOc1cccc(CC(NC)C2CCCCN2C)c1. The van der Waals surface area contributed by atoms with E-state index in [0.29, 0.717) is 12.1 Å². The maximum absolute atomic E-state index is 5.84. The van der Waals surface area contributed by atoms with Crippen LogP contribution in [0, 0.1) is 0 Å². The molecular weight excluding hydrogens is 272 g/mol. The molecule has 1 aliphatic heterocycles. The molecule has 0 aromatic heterocycles. The average Bonchev–Trinajstić information content (AvgIpc) is 2.54. The summed E-state index contributed by atoms with van der Waals surface area (Å²) in [4.78, 5) is 2.52. The van der Waals surface area contributed by atoms with Crippen LogP contribution in [0.25, 0.3) is 0 Å². The van der Waals surface area contributed by atoms with E-state index >= 15 is 0 Å². The molecule has 1 aliphatic rings. The zero-order valence-corrected chi connectivity index (χ0v) is 14.5. The average molecular weight is 304 g/mol. The molecule has 1 saturated heterocycles. The first-order valence-corrected chi connectivity index (χ1v) is 8.83. The number of nitrogens with zero attached hydrogens (tertiary/aromatic N) is 1. The number of unbranched alkanes of at least 4 members (excludes halogenated alkanes) is 1. The summed E-state index contributed by atoms with van der Waals surface area (Å²) in [6.07, 6.45) is 7.36. The number of piperidine rings is 1. The van der Waals surface area contributed by atoms with Crippen molar-refractivity contribution in [1.29, 1.82) is 0 Å². The minimum atomic E-state index is 0.510. The number of nitrogens with one attached hydrogen (secondary N) is 1. The lowest BCUT2D eigenvalue weighted by atomic mass is 9.92. The molecule has 1 heterocycles.